The van der Waals surface area contributed by atoms with Gasteiger partial charge in [-0.25, -0.2) is 22.1 Å². The van der Waals surface area contributed by atoms with Crippen molar-refractivity contribution in [3.8, 4) is 28.3 Å². The van der Waals surface area contributed by atoms with Crippen LogP contribution in [0.3, 0.4) is 0 Å². The molecule has 0 atom stereocenters. The molecule has 0 saturated carbocycles. The topological polar surface area (TPSA) is 69.8 Å². The van der Waals surface area contributed by atoms with E-state index in [0.717, 1.165) is 16.1 Å². The Morgan fingerprint density at radius 2 is 1.43 bits per heavy atom. The first kappa shape index (κ1) is 25.8. The van der Waals surface area contributed by atoms with E-state index in [9.17, 15) is 21.6 Å². The van der Waals surface area contributed by atoms with E-state index in [1.54, 1.807) is 47.3 Å². The van der Waals surface area contributed by atoms with Crippen molar-refractivity contribution in [1.82, 2.24) is 18.7 Å². The van der Waals surface area contributed by atoms with Gasteiger partial charge >= 0.3 is 6.18 Å². The van der Waals surface area contributed by atoms with E-state index in [2.05, 4.69) is 10.1 Å². The molecule has 0 unspecified atom stereocenters. The Labute approximate surface area is 232 Å². The maximum atomic E-state index is 14.0. The third-order valence-corrected chi connectivity index (χ3v) is 8.30. The van der Waals surface area contributed by atoms with Crippen LogP contribution in [0.25, 0.3) is 39.4 Å². The number of benzene rings is 4. The summed E-state index contributed by atoms with van der Waals surface area (Å²) < 4.78 is 70.5. The van der Waals surface area contributed by atoms with Crippen LogP contribution in [0.4, 0.5) is 13.2 Å². The smallest absolute Gasteiger partial charge is 0.240 e. The summed E-state index contributed by atoms with van der Waals surface area (Å²) in [5.74, 6) is 0.0632. The van der Waals surface area contributed by atoms with Crippen LogP contribution in [0, 0.1) is 0 Å². The quantitative estimate of drug-likeness (QED) is 0.213. The summed E-state index contributed by atoms with van der Waals surface area (Å²) in [6.45, 7) is 0. The molecule has 4 aromatic carbocycles. The molecule has 0 amide bonds. The van der Waals surface area contributed by atoms with Crippen LogP contribution in [-0.2, 0) is 16.2 Å². The minimum atomic E-state index is -4.51. The SMILES string of the molecule is O=S(=O)(c1ccc(Cl)cc1)n1c(-c2cn(-c3ccccc3)nc2-c2ccc(C(F)(F)F)cc2)nc2ccccc21. The molecule has 11 heteroatoms. The Balaban J connectivity index is 1.63. The monoisotopic (exact) mass is 578 g/mol. The van der Waals surface area contributed by atoms with Crippen LogP contribution < -0.4 is 0 Å². The van der Waals surface area contributed by atoms with Crippen LogP contribution in [0.2, 0.25) is 5.02 Å². The average molecular weight is 579 g/mol. The van der Waals surface area contributed by atoms with Crippen LogP contribution in [0.15, 0.2) is 114 Å². The molecule has 6 nitrogen and oxygen atoms in total. The molecule has 6 rings (SSSR count). The summed E-state index contributed by atoms with van der Waals surface area (Å²) in [4.78, 5) is 4.66. The fraction of sp³-hybridized carbons (Fsp3) is 0.0345. The van der Waals surface area contributed by atoms with Crippen molar-refractivity contribution in [3.63, 3.8) is 0 Å². The summed E-state index contributed by atoms with van der Waals surface area (Å²) in [7, 11) is -4.19. The second-order valence-corrected chi connectivity index (χ2v) is 11.1. The Kier molecular flexibility index (Phi) is 6.24. The lowest BCUT2D eigenvalue weighted by atomic mass is 10.1. The van der Waals surface area contributed by atoms with Gasteiger partial charge in [0.05, 0.1) is 32.7 Å². The molecule has 2 heterocycles. The van der Waals surface area contributed by atoms with Gasteiger partial charge in [0.25, 0.3) is 10.0 Å². The average Bonchev–Trinajstić information content (AvgIpc) is 3.56. The van der Waals surface area contributed by atoms with Crippen molar-refractivity contribution in [2.75, 3.05) is 0 Å². The molecule has 0 aliphatic heterocycles. The van der Waals surface area contributed by atoms with Crippen LogP contribution in [-0.4, -0.2) is 27.2 Å². The van der Waals surface area contributed by atoms with Gasteiger partial charge in [-0.2, -0.15) is 18.3 Å². The normalized spacial score (nSPS) is 12.2. The Bertz CT molecular complexity index is 1950. The highest BCUT2D eigenvalue weighted by Gasteiger charge is 2.31. The first-order valence-corrected chi connectivity index (χ1v) is 13.8. The third-order valence-electron chi connectivity index (χ3n) is 6.33. The molecule has 200 valence electrons. The van der Waals surface area contributed by atoms with Gasteiger partial charge in [0.2, 0.25) is 0 Å². The lowest BCUT2D eigenvalue weighted by molar-refractivity contribution is -0.137. The van der Waals surface area contributed by atoms with Gasteiger partial charge in [-0.15, -0.1) is 0 Å². The van der Waals surface area contributed by atoms with E-state index in [4.69, 9.17) is 11.6 Å². The minimum absolute atomic E-state index is 0.00663. The van der Waals surface area contributed by atoms with Gasteiger partial charge in [-0.1, -0.05) is 54.1 Å². The Morgan fingerprint density at radius 1 is 0.775 bits per heavy atom. The highest BCUT2D eigenvalue weighted by Crippen LogP contribution is 2.37. The van der Waals surface area contributed by atoms with Crippen molar-refractivity contribution >= 4 is 32.7 Å². The molecule has 40 heavy (non-hydrogen) atoms. The largest absolute Gasteiger partial charge is 0.416 e. The number of hydrogen-bond donors (Lipinski definition) is 0. The molecular formula is C29H18ClF3N4O2S. The summed E-state index contributed by atoms with van der Waals surface area (Å²) in [5, 5.41) is 5.04. The fourth-order valence-electron chi connectivity index (χ4n) is 4.41. The molecule has 0 aliphatic carbocycles. The van der Waals surface area contributed by atoms with Crippen LogP contribution in [0.5, 0.6) is 0 Å². The van der Waals surface area contributed by atoms with Gasteiger partial charge in [0, 0.05) is 16.8 Å². The molecule has 0 N–H and O–H groups in total. The molecule has 2 aromatic heterocycles. The lowest BCUT2D eigenvalue weighted by Gasteiger charge is -2.11. The van der Waals surface area contributed by atoms with E-state index >= 15 is 0 Å². The third kappa shape index (κ3) is 4.55. The van der Waals surface area contributed by atoms with E-state index in [1.165, 1.54) is 36.4 Å². The van der Waals surface area contributed by atoms with Crippen molar-refractivity contribution in [1.29, 1.82) is 0 Å². The van der Waals surface area contributed by atoms with Crippen LogP contribution in [0.1, 0.15) is 5.56 Å². The number of imidazole rings is 1. The summed E-state index contributed by atoms with van der Waals surface area (Å²) in [6.07, 6.45) is -2.89. The summed E-state index contributed by atoms with van der Waals surface area (Å²) in [5.41, 5.74) is 1.56. The Hall–Kier alpha value is -4.41. The van der Waals surface area contributed by atoms with E-state index in [-0.39, 0.29) is 16.4 Å². The molecular weight excluding hydrogens is 561 g/mol. The summed E-state index contributed by atoms with van der Waals surface area (Å²) >= 11 is 6.00. The Morgan fingerprint density at radius 3 is 2.10 bits per heavy atom. The second kappa shape index (κ2) is 9.65. The van der Waals surface area contributed by atoms with Crippen LogP contribution >= 0.6 is 11.6 Å². The zero-order valence-electron chi connectivity index (χ0n) is 20.4. The minimum Gasteiger partial charge on any atom is -0.240 e. The molecule has 0 radical (unpaired) electrons. The van der Waals surface area contributed by atoms with Crippen molar-refractivity contribution in [3.05, 3.63) is 120 Å². The van der Waals surface area contributed by atoms with Gasteiger partial charge in [0.1, 0.15) is 5.69 Å². The maximum Gasteiger partial charge on any atom is 0.416 e. The number of fused-ring (bicyclic) bond motifs is 1. The molecule has 6 aromatic rings. The highest BCUT2D eigenvalue weighted by molar-refractivity contribution is 7.90. The summed E-state index contributed by atoms with van der Waals surface area (Å²) in [6, 6.07) is 26.2. The number of alkyl halides is 3. The molecule has 0 fully saturated rings. The first-order valence-electron chi connectivity index (χ1n) is 11.9. The number of hydrogen-bond acceptors (Lipinski definition) is 4. The van der Waals surface area contributed by atoms with Gasteiger partial charge in [0.15, 0.2) is 5.82 Å². The zero-order chi connectivity index (χ0) is 28.1. The lowest BCUT2D eigenvalue weighted by Crippen LogP contribution is -2.14. The van der Waals surface area contributed by atoms with E-state index < -0.39 is 21.8 Å². The standard InChI is InChI=1S/C29H18ClF3N4O2S/c30-21-14-16-23(17-15-21)40(38,39)37-26-9-5-4-8-25(26)34-28(37)24-18-36(22-6-2-1-3-7-22)35-27(24)19-10-12-20(13-11-19)29(31,32)33/h1-18H. The van der Waals surface area contributed by atoms with E-state index in [1.807, 2.05) is 18.2 Å². The van der Waals surface area contributed by atoms with Gasteiger partial charge in [-0.3, -0.25) is 0 Å². The number of aromatic nitrogens is 4. The fourth-order valence-corrected chi connectivity index (χ4v) is 6.01. The number of halogens is 4. The molecule has 0 saturated heterocycles. The molecule has 0 spiro atoms. The predicted octanol–water partition coefficient (Wildman–Crippen LogP) is 7.47. The number of rotatable bonds is 5. The second-order valence-electron chi connectivity index (χ2n) is 8.89. The van der Waals surface area contributed by atoms with Crippen molar-refractivity contribution in [2.24, 2.45) is 0 Å². The van der Waals surface area contributed by atoms with Gasteiger partial charge in [-0.05, 0) is 60.7 Å². The predicted molar refractivity (Wildman–Crippen MR) is 147 cm³/mol. The van der Waals surface area contributed by atoms with Crippen molar-refractivity contribution in [2.45, 2.75) is 11.1 Å². The highest BCUT2D eigenvalue weighted by atomic mass is 35.5. The van der Waals surface area contributed by atoms with Gasteiger partial charge < -0.3 is 0 Å². The maximum absolute atomic E-state index is 14.0. The first-order chi connectivity index (χ1) is 19.1. The van der Waals surface area contributed by atoms with E-state index in [0.29, 0.717) is 32.9 Å². The van der Waals surface area contributed by atoms with Crippen molar-refractivity contribution < 1.29 is 21.6 Å². The molecule has 0 bridgehead atoms. The number of nitrogens with zero attached hydrogens (tertiary/aromatic N) is 4. The molecule has 0 aliphatic rings. The number of para-hydroxylation sites is 3. The zero-order valence-corrected chi connectivity index (χ0v) is 22.0.